The lowest BCUT2D eigenvalue weighted by atomic mass is 10.3. The van der Waals surface area contributed by atoms with Gasteiger partial charge in [0.05, 0.1) is 26.4 Å². The van der Waals surface area contributed by atoms with Crippen molar-refractivity contribution >= 4 is 13.8 Å². The molecule has 0 aromatic heterocycles. The number of benzene rings is 1. The van der Waals surface area contributed by atoms with Crippen LogP contribution in [0, 0.1) is 0 Å². The van der Waals surface area contributed by atoms with E-state index in [-0.39, 0.29) is 19.8 Å². The van der Waals surface area contributed by atoms with Crippen LogP contribution in [0.15, 0.2) is 36.9 Å². The van der Waals surface area contributed by atoms with Gasteiger partial charge in [0.15, 0.2) is 0 Å². The fourth-order valence-electron chi connectivity index (χ4n) is 1.55. The number of phosphoric ester groups is 1. The molecule has 1 aromatic carbocycles. The average molecular weight is 360 g/mol. The summed E-state index contributed by atoms with van der Waals surface area (Å²) in [4.78, 5) is 27.8. The van der Waals surface area contributed by atoms with E-state index in [1.165, 1.54) is 0 Å². The summed E-state index contributed by atoms with van der Waals surface area (Å²) in [5.74, 6) is 0.809. The molecule has 0 amide bonds. The van der Waals surface area contributed by atoms with E-state index in [2.05, 4.69) is 11.1 Å². The second kappa shape index (κ2) is 10.8. The summed E-state index contributed by atoms with van der Waals surface area (Å²) in [6.45, 7) is 4.16. The molecular weight excluding hydrogens is 339 g/mol. The quantitative estimate of drug-likeness (QED) is 0.252. The number of esters is 1. The van der Waals surface area contributed by atoms with Crippen molar-refractivity contribution in [1.82, 2.24) is 0 Å². The van der Waals surface area contributed by atoms with Crippen molar-refractivity contribution in [3.8, 4) is 11.5 Å². The summed E-state index contributed by atoms with van der Waals surface area (Å²) in [5.41, 5.74) is 0. The molecule has 0 spiro atoms. The lowest BCUT2D eigenvalue weighted by Gasteiger charge is -2.09. The minimum absolute atomic E-state index is 0.0814. The summed E-state index contributed by atoms with van der Waals surface area (Å²) in [6.07, 6.45) is 2.03. The Labute approximate surface area is 140 Å². The molecule has 0 fully saturated rings. The summed E-state index contributed by atoms with van der Waals surface area (Å²) in [5, 5.41) is 0. The molecule has 2 N–H and O–H groups in total. The van der Waals surface area contributed by atoms with Gasteiger partial charge in [0.25, 0.3) is 0 Å². The van der Waals surface area contributed by atoms with Crippen LogP contribution in [0.2, 0.25) is 0 Å². The zero-order valence-corrected chi connectivity index (χ0v) is 14.0. The number of hydrogen-bond donors (Lipinski definition) is 2. The second-order valence-electron chi connectivity index (χ2n) is 4.57. The standard InChI is InChI=1S/C15H21O8P/c1-2-15(16)22-11-3-9-20-13-5-7-14(8-6-13)21-10-4-12-23-24(17,18)19/h2,5-8H,1,3-4,9-12H2,(H2,17,18,19). The highest BCUT2D eigenvalue weighted by Gasteiger charge is 2.12. The van der Waals surface area contributed by atoms with Crippen molar-refractivity contribution in [3.63, 3.8) is 0 Å². The van der Waals surface area contributed by atoms with Crippen molar-refractivity contribution in [2.45, 2.75) is 12.8 Å². The van der Waals surface area contributed by atoms with E-state index in [0.29, 0.717) is 30.9 Å². The topological polar surface area (TPSA) is 112 Å². The van der Waals surface area contributed by atoms with Crippen LogP contribution in [0.5, 0.6) is 11.5 Å². The van der Waals surface area contributed by atoms with Gasteiger partial charge < -0.3 is 24.0 Å². The number of ether oxygens (including phenoxy) is 3. The number of hydrogen-bond acceptors (Lipinski definition) is 6. The molecular formula is C15H21O8P. The summed E-state index contributed by atoms with van der Waals surface area (Å²) >= 11 is 0. The van der Waals surface area contributed by atoms with Crippen LogP contribution >= 0.6 is 7.82 Å². The fourth-order valence-corrected chi connectivity index (χ4v) is 1.91. The molecule has 0 unspecified atom stereocenters. The van der Waals surface area contributed by atoms with Crippen LogP contribution in [0.1, 0.15) is 12.8 Å². The molecule has 0 aliphatic rings. The van der Waals surface area contributed by atoms with Crippen LogP contribution in [0.3, 0.4) is 0 Å². The Morgan fingerprint density at radius 3 is 1.96 bits per heavy atom. The largest absolute Gasteiger partial charge is 0.494 e. The molecule has 0 aliphatic heterocycles. The van der Waals surface area contributed by atoms with E-state index in [0.717, 1.165) is 6.08 Å². The van der Waals surface area contributed by atoms with Gasteiger partial charge in [0.2, 0.25) is 0 Å². The van der Waals surface area contributed by atoms with E-state index in [1.807, 2.05) is 0 Å². The van der Waals surface area contributed by atoms with Crippen LogP contribution in [0.25, 0.3) is 0 Å². The van der Waals surface area contributed by atoms with Crippen LogP contribution in [-0.2, 0) is 18.6 Å². The number of carbonyl (C=O) groups excluding carboxylic acids is 1. The van der Waals surface area contributed by atoms with Crippen molar-refractivity contribution < 1.29 is 37.9 Å². The first-order valence-electron chi connectivity index (χ1n) is 7.25. The second-order valence-corrected chi connectivity index (χ2v) is 5.81. The van der Waals surface area contributed by atoms with Crippen LogP contribution in [0.4, 0.5) is 0 Å². The molecule has 0 radical (unpaired) electrons. The smallest absolute Gasteiger partial charge is 0.469 e. The molecule has 0 saturated carbocycles. The highest BCUT2D eigenvalue weighted by molar-refractivity contribution is 7.46. The predicted molar refractivity (Wildman–Crippen MR) is 85.8 cm³/mol. The molecule has 9 heteroatoms. The van der Waals surface area contributed by atoms with Gasteiger partial charge in [-0.3, -0.25) is 4.52 Å². The maximum absolute atomic E-state index is 10.8. The van der Waals surface area contributed by atoms with E-state index in [1.54, 1.807) is 24.3 Å². The maximum Gasteiger partial charge on any atom is 0.469 e. The Hall–Kier alpha value is -1.86. The molecule has 8 nitrogen and oxygen atoms in total. The maximum atomic E-state index is 10.8. The van der Waals surface area contributed by atoms with Gasteiger partial charge in [-0.05, 0) is 24.3 Å². The molecule has 0 aliphatic carbocycles. The molecule has 0 atom stereocenters. The minimum atomic E-state index is -4.41. The SMILES string of the molecule is C=CC(=O)OCCCOc1ccc(OCCCOP(=O)(O)O)cc1. The van der Waals surface area contributed by atoms with Gasteiger partial charge in [-0.2, -0.15) is 0 Å². The first kappa shape index (κ1) is 20.2. The Balaban J connectivity index is 2.15. The molecule has 1 aromatic rings. The first-order chi connectivity index (χ1) is 11.4. The molecule has 0 saturated heterocycles. The van der Waals surface area contributed by atoms with Crippen molar-refractivity contribution in [1.29, 1.82) is 0 Å². The predicted octanol–water partition coefficient (Wildman–Crippen LogP) is 2.06. The van der Waals surface area contributed by atoms with Gasteiger partial charge in [-0.15, -0.1) is 0 Å². The monoisotopic (exact) mass is 360 g/mol. The minimum Gasteiger partial charge on any atom is -0.494 e. The molecule has 24 heavy (non-hydrogen) atoms. The fraction of sp³-hybridized carbons (Fsp3) is 0.400. The normalized spacial score (nSPS) is 10.9. The van der Waals surface area contributed by atoms with Gasteiger partial charge in [0, 0.05) is 18.9 Å². The highest BCUT2D eigenvalue weighted by Crippen LogP contribution is 2.35. The van der Waals surface area contributed by atoms with Crippen molar-refractivity contribution in [3.05, 3.63) is 36.9 Å². The van der Waals surface area contributed by atoms with Gasteiger partial charge in [-0.1, -0.05) is 6.58 Å². The summed E-state index contributed by atoms with van der Waals surface area (Å²) in [7, 11) is -4.41. The van der Waals surface area contributed by atoms with Crippen LogP contribution < -0.4 is 9.47 Å². The summed E-state index contributed by atoms with van der Waals surface area (Å²) < 4.78 is 30.5. The lowest BCUT2D eigenvalue weighted by molar-refractivity contribution is -0.137. The summed E-state index contributed by atoms with van der Waals surface area (Å²) in [6, 6.07) is 6.91. The zero-order valence-electron chi connectivity index (χ0n) is 13.1. The zero-order chi connectivity index (χ0) is 17.8. The lowest BCUT2D eigenvalue weighted by Crippen LogP contribution is -2.06. The number of phosphoric acid groups is 1. The number of carbonyl (C=O) groups is 1. The Morgan fingerprint density at radius 2 is 1.50 bits per heavy atom. The Morgan fingerprint density at radius 1 is 1.00 bits per heavy atom. The van der Waals surface area contributed by atoms with Crippen LogP contribution in [-0.4, -0.2) is 42.2 Å². The third-order valence-corrected chi connectivity index (χ3v) is 3.13. The molecule has 134 valence electrons. The number of rotatable bonds is 12. The van der Waals surface area contributed by atoms with Gasteiger partial charge in [0.1, 0.15) is 11.5 Å². The van der Waals surface area contributed by atoms with E-state index >= 15 is 0 Å². The third kappa shape index (κ3) is 10.0. The van der Waals surface area contributed by atoms with Crippen molar-refractivity contribution in [2.75, 3.05) is 26.4 Å². The van der Waals surface area contributed by atoms with E-state index < -0.39 is 13.8 Å². The van der Waals surface area contributed by atoms with E-state index in [9.17, 15) is 9.36 Å². The average Bonchev–Trinajstić information content (AvgIpc) is 2.54. The Bertz CT molecular complexity index is 551. The van der Waals surface area contributed by atoms with Gasteiger partial charge >= 0.3 is 13.8 Å². The van der Waals surface area contributed by atoms with E-state index in [4.69, 9.17) is 24.0 Å². The third-order valence-electron chi connectivity index (χ3n) is 2.61. The Kier molecular flexibility index (Phi) is 9.11. The first-order valence-corrected chi connectivity index (χ1v) is 8.78. The van der Waals surface area contributed by atoms with Gasteiger partial charge in [-0.25, -0.2) is 9.36 Å². The molecule has 0 bridgehead atoms. The molecule has 1 rings (SSSR count). The highest BCUT2D eigenvalue weighted by atomic mass is 31.2. The molecule has 0 heterocycles. The van der Waals surface area contributed by atoms with Crippen molar-refractivity contribution in [2.24, 2.45) is 0 Å².